The highest BCUT2D eigenvalue weighted by Crippen LogP contribution is 2.47. The average Bonchev–Trinajstić information content (AvgIpc) is 2.94. The Balaban J connectivity index is 2.58. The molecule has 1 aliphatic heterocycles. The third-order valence-electron chi connectivity index (χ3n) is 7.61. The molecule has 0 saturated carbocycles. The van der Waals surface area contributed by atoms with Crippen molar-refractivity contribution < 1.29 is 27.5 Å². The van der Waals surface area contributed by atoms with E-state index in [1.807, 2.05) is 72.7 Å². The number of aliphatic hydroxyl groups is 1. The zero-order valence-electron chi connectivity index (χ0n) is 21.9. The molecule has 12 heteroatoms. The van der Waals surface area contributed by atoms with Gasteiger partial charge in [-0.05, 0) is 36.3 Å². The Bertz CT molecular complexity index is 999. The third-order valence-corrected chi connectivity index (χ3v) is 16.5. The number of nitrogens with zero attached hydrogens (tertiary/aromatic N) is 1. The zero-order valence-corrected chi connectivity index (χ0v) is 23.9. The van der Waals surface area contributed by atoms with Gasteiger partial charge in [0.2, 0.25) is 5.82 Å². The van der Waals surface area contributed by atoms with Gasteiger partial charge in [-0.2, -0.15) is 4.39 Å². The van der Waals surface area contributed by atoms with Crippen LogP contribution in [0.5, 0.6) is 0 Å². The summed E-state index contributed by atoms with van der Waals surface area (Å²) < 4.78 is 49.4. The normalized spacial score (nSPS) is 26.8. The number of ether oxygens (including phenoxy) is 1. The first-order valence-electron chi connectivity index (χ1n) is 11.4. The van der Waals surface area contributed by atoms with Gasteiger partial charge in [0, 0.05) is 0 Å². The number of aromatic amines is 1. The van der Waals surface area contributed by atoms with Gasteiger partial charge in [-0.1, -0.05) is 41.5 Å². The van der Waals surface area contributed by atoms with Crippen LogP contribution in [0.3, 0.4) is 0 Å². The molecule has 0 spiro atoms. The van der Waals surface area contributed by atoms with Crippen molar-refractivity contribution in [3.05, 3.63) is 32.9 Å². The summed E-state index contributed by atoms with van der Waals surface area (Å²) in [5, 5.41) is 10.1. The lowest BCUT2D eigenvalue weighted by molar-refractivity contribution is -0.145. The fourth-order valence-electron chi connectivity index (χ4n) is 3.15. The summed E-state index contributed by atoms with van der Waals surface area (Å²) in [6.45, 7) is 19.2. The lowest BCUT2D eigenvalue weighted by atomic mass is 9.98. The van der Waals surface area contributed by atoms with Crippen molar-refractivity contribution in [3.8, 4) is 0 Å². The topological polar surface area (TPSA) is 103 Å². The fraction of sp³-hybridized carbons (Fsp3) is 0.818. The lowest BCUT2D eigenvalue weighted by Gasteiger charge is -2.44. The van der Waals surface area contributed by atoms with Crippen LogP contribution in [-0.4, -0.2) is 62.4 Å². The molecule has 2 N–H and O–H groups in total. The summed E-state index contributed by atoms with van der Waals surface area (Å²) in [4.78, 5) is 25.7. The molecular formula is C22H40F2N2O6Si2. The number of hydrogen-bond donors (Lipinski definition) is 2. The van der Waals surface area contributed by atoms with Gasteiger partial charge in [-0.15, -0.1) is 0 Å². The number of halogens is 2. The van der Waals surface area contributed by atoms with Gasteiger partial charge < -0.3 is 18.7 Å². The van der Waals surface area contributed by atoms with E-state index in [4.69, 9.17) is 13.6 Å². The largest absolute Gasteiger partial charge is 0.414 e. The van der Waals surface area contributed by atoms with Crippen molar-refractivity contribution in [2.75, 3.05) is 13.2 Å². The summed E-state index contributed by atoms with van der Waals surface area (Å²) >= 11 is 0. The van der Waals surface area contributed by atoms with Gasteiger partial charge in [0.15, 0.2) is 29.0 Å². The quantitative estimate of drug-likeness (QED) is 0.530. The minimum absolute atomic E-state index is 0.161. The van der Waals surface area contributed by atoms with Crippen LogP contribution in [0.15, 0.2) is 15.8 Å². The molecule has 4 atom stereocenters. The van der Waals surface area contributed by atoms with E-state index in [0.717, 1.165) is 0 Å². The Labute approximate surface area is 201 Å². The maximum Gasteiger partial charge on any atom is 0.330 e. The first-order valence-corrected chi connectivity index (χ1v) is 17.3. The van der Waals surface area contributed by atoms with Crippen molar-refractivity contribution in [1.82, 2.24) is 9.55 Å². The third kappa shape index (κ3) is 5.46. The smallest absolute Gasteiger partial charge is 0.330 e. The lowest BCUT2D eigenvalue weighted by Crippen LogP contribution is -2.58. The van der Waals surface area contributed by atoms with Crippen LogP contribution in [0.1, 0.15) is 47.8 Å². The Kier molecular flexibility index (Phi) is 7.99. The number of aromatic nitrogens is 2. The molecule has 0 radical (unpaired) electrons. The van der Waals surface area contributed by atoms with E-state index >= 15 is 4.39 Å². The Hall–Kier alpha value is -1.19. The highest BCUT2D eigenvalue weighted by molar-refractivity contribution is 6.74. The highest BCUT2D eigenvalue weighted by atomic mass is 28.4. The van der Waals surface area contributed by atoms with Crippen LogP contribution in [0.2, 0.25) is 36.3 Å². The molecular weight excluding hydrogens is 482 g/mol. The number of aliphatic hydroxyl groups excluding tert-OH is 1. The minimum Gasteiger partial charge on any atom is -0.414 e. The molecule has 1 saturated heterocycles. The van der Waals surface area contributed by atoms with Crippen LogP contribution in [-0.2, 0) is 13.6 Å². The van der Waals surface area contributed by atoms with E-state index in [1.165, 1.54) is 0 Å². The minimum atomic E-state index is -2.59. The Morgan fingerprint density at radius 2 is 1.65 bits per heavy atom. The van der Waals surface area contributed by atoms with E-state index in [9.17, 15) is 19.1 Å². The Morgan fingerprint density at radius 1 is 1.12 bits per heavy atom. The molecule has 1 aliphatic rings. The van der Waals surface area contributed by atoms with Crippen molar-refractivity contribution in [3.63, 3.8) is 0 Å². The van der Waals surface area contributed by atoms with E-state index in [-0.39, 0.29) is 16.7 Å². The maximum atomic E-state index is 16.0. The maximum absolute atomic E-state index is 16.0. The summed E-state index contributed by atoms with van der Waals surface area (Å²) in [7, 11) is -4.93. The standard InChI is InChI=1S/C22H40F2N2O6Si2/c1-20(2,3)33(7,8)30-13-22(12-27)16(32-34(9,10)21(4,5)6)15(24)18(31-22)26-11-14(23)17(28)25-19(26)29/h11,15-16,18,27H,12-13H2,1-10H3,(H,25,28,29)/t15-,16?,18+,22+/m0/s1. The van der Waals surface area contributed by atoms with Crippen molar-refractivity contribution in [2.45, 2.75) is 102 Å². The molecule has 8 nitrogen and oxygen atoms in total. The number of rotatable bonds is 7. The van der Waals surface area contributed by atoms with E-state index < -0.39 is 64.4 Å². The van der Waals surface area contributed by atoms with Crippen LogP contribution in [0.25, 0.3) is 0 Å². The monoisotopic (exact) mass is 522 g/mol. The number of hydrogen-bond acceptors (Lipinski definition) is 6. The summed E-state index contributed by atoms with van der Waals surface area (Å²) in [6, 6.07) is 0. The molecule has 1 unspecified atom stereocenters. The molecule has 0 aliphatic carbocycles. The van der Waals surface area contributed by atoms with E-state index in [2.05, 4.69) is 0 Å². The van der Waals surface area contributed by atoms with Gasteiger partial charge >= 0.3 is 5.69 Å². The number of nitrogens with one attached hydrogen (secondary N) is 1. The highest BCUT2D eigenvalue weighted by Gasteiger charge is 2.60. The SMILES string of the molecule is CC(C)(C)[Si](C)(C)OC[C@@]1(CO)O[C@@H](n2cc(F)c(=O)[nH]c2=O)[C@@H](F)C1O[Si](C)(C)C(C)(C)C. The van der Waals surface area contributed by atoms with Crippen molar-refractivity contribution in [1.29, 1.82) is 0 Å². The molecule has 0 bridgehead atoms. The van der Waals surface area contributed by atoms with Gasteiger partial charge in [-0.3, -0.25) is 14.3 Å². The number of H-pyrrole nitrogens is 1. The second kappa shape index (κ2) is 9.36. The first-order chi connectivity index (χ1) is 15.2. The van der Waals surface area contributed by atoms with Crippen molar-refractivity contribution >= 4 is 16.6 Å². The zero-order chi connectivity index (χ0) is 26.5. The Morgan fingerprint density at radius 3 is 2.12 bits per heavy atom. The second-order valence-electron chi connectivity index (χ2n) is 12.2. The predicted octanol–water partition coefficient (Wildman–Crippen LogP) is 3.69. The van der Waals surface area contributed by atoms with E-state index in [1.54, 1.807) is 0 Å². The molecule has 2 rings (SSSR count). The molecule has 34 heavy (non-hydrogen) atoms. The van der Waals surface area contributed by atoms with Crippen molar-refractivity contribution in [2.24, 2.45) is 0 Å². The van der Waals surface area contributed by atoms with Gasteiger partial charge in [0.25, 0.3) is 5.56 Å². The molecule has 0 amide bonds. The van der Waals surface area contributed by atoms with Crippen LogP contribution >= 0.6 is 0 Å². The molecule has 196 valence electrons. The predicted molar refractivity (Wildman–Crippen MR) is 131 cm³/mol. The average molecular weight is 523 g/mol. The summed E-state index contributed by atoms with van der Waals surface area (Å²) in [5.41, 5.74) is -3.87. The van der Waals surface area contributed by atoms with Crippen LogP contribution < -0.4 is 11.2 Å². The molecule has 1 fully saturated rings. The van der Waals surface area contributed by atoms with Gasteiger partial charge in [0.05, 0.1) is 19.4 Å². The molecule has 1 aromatic heterocycles. The van der Waals surface area contributed by atoms with E-state index in [0.29, 0.717) is 10.8 Å². The summed E-state index contributed by atoms with van der Waals surface area (Å²) in [6.07, 6.45) is -4.23. The number of alkyl halides is 1. The van der Waals surface area contributed by atoms with Crippen LogP contribution in [0, 0.1) is 5.82 Å². The first kappa shape index (κ1) is 29.0. The fourth-order valence-corrected chi connectivity index (χ4v) is 5.52. The van der Waals surface area contributed by atoms with Gasteiger partial charge in [0.1, 0.15) is 11.7 Å². The second-order valence-corrected chi connectivity index (χ2v) is 21.7. The molecule has 2 heterocycles. The molecule has 1 aromatic rings. The van der Waals surface area contributed by atoms with Crippen LogP contribution in [0.4, 0.5) is 8.78 Å². The van der Waals surface area contributed by atoms with Gasteiger partial charge in [-0.25, -0.2) is 9.18 Å². The summed E-state index contributed by atoms with van der Waals surface area (Å²) in [5.74, 6) is -1.25. The molecule has 0 aromatic carbocycles.